The Morgan fingerprint density at radius 3 is 2.92 bits per heavy atom. The molecule has 3 fully saturated rings. The summed E-state index contributed by atoms with van der Waals surface area (Å²) in [5.74, 6) is 0.353. The Kier molecular flexibility index (Phi) is 3.42. The van der Waals surface area contributed by atoms with Gasteiger partial charge in [-0.15, -0.1) is 0 Å². The van der Waals surface area contributed by atoms with Gasteiger partial charge in [-0.1, -0.05) is 43.2 Å². The zero-order valence-corrected chi connectivity index (χ0v) is 14.6. The molecule has 26 heavy (non-hydrogen) atoms. The van der Waals surface area contributed by atoms with Crippen LogP contribution in [0.5, 0.6) is 0 Å². The number of hydrogen-bond acceptors (Lipinski definition) is 3. The molecule has 2 saturated heterocycles. The fourth-order valence-electron chi connectivity index (χ4n) is 5.26. The smallest absolute Gasteiger partial charge is 0.272 e. The second-order valence-corrected chi connectivity index (χ2v) is 7.70. The Balaban J connectivity index is 1.45. The molecule has 134 valence electrons. The second-order valence-electron chi connectivity index (χ2n) is 7.70. The molecule has 0 bridgehead atoms. The maximum Gasteiger partial charge on any atom is 0.272 e. The Morgan fingerprint density at radius 1 is 1.23 bits per heavy atom. The predicted molar refractivity (Wildman–Crippen MR) is 96.2 cm³/mol. The van der Waals surface area contributed by atoms with Crippen LogP contribution in [-0.4, -0.2) is 46.0 Å². The molecule has 3 heterocycles. The molecule has 1 saturated carbocycles. The van der Waals surface area contributed by atoms with Gasteiger partial charge in [0.1, 0.15) is 5.69 Å². The van der Waals surface area contributed by atoms with Crippen LogP contribution < -0.4 is 5.32 Å². The highest BCUT2D eigenvalue weighted by Gasteiger charge is 2.63. The van der Waals surface area contributed by atoms with E-state index in [0.29, 0.717) is 18.8 Å². The Morgan fingerprint density at radius 2 is 2.08 bits per heavy atom. The molecular formula is C20H22N4O2. The lowest BCUT2D eigenvalue weighted by molar-refractivity contribution is -0.131. The maximum absolute atomic E-state index is 13.2. The van der Waals surface area contributed by atoms with E-state index in [1.54, 1.807) is 0 Å². The quantitative estimate of drug-likeness (QED) is 0.872. The monoisotopic (exact) mass is 350 g/mol. The molecule has 2 aliphatic heterocycles. The standard InChI is InChI=1S/C20H22N4O2/c25-18(16-10-15(22-23-16)13-6-2-1-3-7-13)24-12-14-11-21-19(26)20(14)9-5-4-8-17(20)24/h1-3,6-7,10,14,17H,4-5,8-9,11-12H2,(H,21,26)(H,22,23)/t14-,17-,20-/m1/s1. The molecule has 3 atom stereocenters. The van der Waals surface area contributed by atoms with Crippen molar-refractivity contribution in [2.75, 3.05) is 13.1 Å². The minimum absolute atomic E-state index is 0.0136. The first-order valence-electron chi connectivity index (χ1n) is 9.40. The Bertz CT molecular complexity index is 862. The molecule has 0 unspecified atom stereocenters. The highest BCUT2D eigenvalue weighted by molar-refractivity contribution is 5.96. The molecule has 5 rings (SSSR count). The number of amides is 2. The SMILES string of the molecule is O=C(c1cc(-c2ccccc2)n[nH]1)N1C[C@H]2CNC(=O)[C@]23CCCC[C@@H]13. The number of aromatic nitrogens is 2. The van der Waals surface area contributed by atoms with E-state index < -0.39 is 0 Å². The van der Waals surface area contributed by atoms with Crippen LogP contribution in [0.1, 0.15) is 36.2 Å². The highest BCUT2D eigenvalue weighted by Crippen LogP contribution is 2.52. The van der Waals surface area contributed by atoms with Crippen LogP contribution >= 0.6 is 0 Å². The maximum atomic E-state index is 13.2. The number of likely N-dealkylation sites (tertiary alicyclic amines) is 1. The first-order valence-corrected chi connectivity index (χ1v) is 9.40. The number of nitrogens with one attached hydrogen (secondary N) is 2. The summed E-state index contributed by atoms with van der Waals surface area (Å²) in [4.78, 5) is 27.8. The van der Waals surface area contributed by atoms with E-state index in [0.717, 1.165) is 36.9 Å². The lowest BCUT2D eigenvalue weighted by Crippen LogP contribution is -2.50. The van der Waals surface area contributed by atoms with Crippen LogP contribution in [0.2, 0.25) is 0 Å². The number of nitrogens with zero attached hydrogens (tertiary/aromatic N) is 2. The summed E-state index contributed by atoms with van der Waals surface area (Å²) in [7, 11) is 0. The van der Waals surface area contributed by atoms with Gasteiger partial charge in [0.05, 0.1) is 11.1 Å². The zero-order chi connectivity index (χ0) is 17.7. The van der Waals surface area contributed by atoms with E-state index in [9.17, 15) is 9.59 Å². The number of H-pyrrole nitrogens is 1. The topological polar surface area (TPSA) is 78.1 Å². The van der Waals surface area contributed by atoms with Crippen molar-refractivity contribution in [1.29, 1.82) is 0 Å². The van der Waals surface area contributed by atoms with E-state index >= 15 is 0 Å². The predicted octanol–water partition coefficient (Wildman–Crippen LogP) is 2.21. The van der Waals surface area contributed by atoms with E-state index in [1.165, 1.54) is 0 Å². The molecule has 0 radical (unpaired) electrons. The van der Waals surface area contributed by atoms with Gasteiger partial charge in [-0.2, -0.15) is 5.10 Å². The zero-order valence-electron chi connectivity index (χ0n) is 14.6. The van der Waals surface area contributed by atoms with Crippen molar-refractivity contribution in [3.05, 3.63) is 42.1 Å². The first kappa shape index (κ1) is 15.6. The lowest BCUT2D eigenvalue weighted by Gasteiger charge is -2.39. The largest absolute Gasteiger partial charge is 0.355 e. The third-order valence-corrected chi connectivity index (χ3v) is 6.50. The van der Waals surface area contributed by atoms with Crippen LogP contribution in [0.4, 0.5) is 0 Å². The van der Waals surface area contributed by atoms with Crippen molar-refractivity contribution in [1.82, 2.24) is 20.4 Å². The molecule has 1 aromatic carbocycles. The average Bonchev–Trinajstić information content (AvgIpc) is 3.36. The number of carbonyl (C=O) groups is 2. The number of carbonyl (C=O) groups excluding carboxylic acids is 2. The number of rotatable bonds is 2. The van der Waals surface area contributed by atoms with Crippen LogP contribution in [0.3, 0.4) is 0 Å². The van der Waals surface area contributed by atoms with Gasteiger partial charge < -0.3 is 10.2 Å². The fourth-order valence-corrected chi connectivity index (χ4v) is 5.26. The van der Waals surface area contributed by atoms with Crippen LogP contribution in [-0.2, 0) is 4.79 Å². The van der Waals surface area contributed by atoms with Crippen LogP contribution in [0.25, 0.3) is 11.3 Å². The highest BCUT2D eigenvalue weighted by atomic mass is 16.2. The number of benzene rings is 1. The molecule has 2 amide bonds. The average molecular weight is 350 g/mol. The third-order valence-electron chi connectivity index (χ3n) is 6.50. The summed E-state index contributed by atoms with van der Waals surface area (Å²) in [6.07, 6.45) is 3.96. The van der Waals surface area contributed by atoms with Crippen molar-refractivity contribution in [3.63, 3.8) is 0 Å². The summed E-state index contributed by atoms with van der Waals surface area (Å²) in [5.41, 5.74) is 1.89. The molecule has 1 aromatic heterocycles. The minimum Gasteiger partial charge on any atom is -0.355 e. The first-order chi connectivity index (χ1) is 12.7. The van der Waals surface area contributed by atoms with Crippen molar-refractivity contribution < 1.29 is 9.59 Å². The summed E-state index contributed by atoms with van der Waals surface area (Å²) in [6.45, 7) is 1.35. The molecule has 1 spiro atoms. The van der Waals surface area contributed by atoms with Crippen molar-refractivity contribution in [2.24, 2.45) is 11.3 Å². The molecule has 2 aromatic rings. The third kappa shape index (κ3) is 2.08. The van der Waals surface area contributed by atoms with Crippen LogP contribution in [0.15, 0.2) is 36.4 Å². The van der Waals surface area contributed by atoms with Crippen molar-refractivity contribution >= 4 is 11.8 Å². The fraction of sp³-hybridized carbons (Fsp3) is 0.450. The molecule has 6 heteroatoms. The molecule has 1 aliphatic carbocycles. The van der Waals surface area contributed by atoms with Gasteiger partial charge in [-0.05, 0) is 18.9 Å². The van der Waals surface area contributed by atoms with Gasteiger partial charge in [0.15, 0.2) is 0 Å². The van der Waals surface area contributed by atoms with Gasteiger partial charge in [0.2, 0.25) is 5.91 Å². The van der Waals surface area contributed by atoms with E-state index in [4.69, 9.17) is 0 Å². The van der Waals surface area contributed by atoms with Crippen LogP contribution in [0, 0.1) is 11.3 Å². The molecule has 2 N–H and O–H groups in total. The molecule has 3 aliphatic rings. The lowest BCUT2D eigenvalue weighted by atomic mass is 9.67. The molecular weight excluding hydrogens is 328 g/mol. The summed E-state index contributed by atoms with van der Waals surface area (Å²) < 4.78 is 0. The normalized spacial score (nSPS) is 30.0. The van der Waals surface area contributed by atoms with E-state index in [-0.39, 0.29) is 29.2 Å². The van der Waals surface area contributed by atoms with E-state index in [1.807, 2.05) is 41.3 Å². The van der Waals surface area contributed by atoms with Gasteiger partial charge in [-0.25, -0.2) is 0 Å². The number of aromatic amines is 1. The summed E-state index contributed by atoms with van der Waals surface area (Å²) in [6, 6.07) is 11.7. The van der Waals surface area contributed by atoms with Gasteiger partial charge in [0.25, 0.3) is 5.91 Å². The molecule has 6 nitrogen and oxygen atoms in total. The van der Waals surface area contributed by atoms with Gasteiger partial charge in [0, 0.05) is 30.6 Å². The number of hydrogen-bond donors (Lipinski definition) is 2. The Hall–Kier alpha value is -2.63. The summed E-state index contributed by atoms with van der Waals surface area (Å²) >= 11 is 0. The van der Waals surface area contributed by atoms with Crippen molar-refractivity contribution in [2.45, 2.75) is 31.7 Å². The van der Waals surface area contributed by atoms with Crippen molar-refractivity contribution in [3.8, 4) is 11.3 Å². The minimum atomic E-state index is -0.365. The van der Waals surface area contributed by atoms with E-state index in [2.05, 4.69) is 15.5 Å². The van der Waals surface area contributed by atoms with Gasteiger partial charge in [-0.3, -0.25) is 14.7 Å². The van der Waals surface area contributed by atoms with Gasteiger partial charge >= 0.3 is 0 Å². The Labute approximate surface area is 152 Å². The second kappa shape index (κ2) is 5.69. The summed E-state index contributed by atoms with van der Waals surface area (Å²) in [5, 5.41) is 10.3.